The summed E-state index contributed by atoms with van der Waals surface area (Å²) in [6, 6.07) is 14.3. The first kappa shape index (κ1) is 21.2. The monoisotopic (exact) mass is 404 g/mol. The Morgan fingerprint density at radius 3 is 2.46 bits per heavy atom. The molecule has 8 heteroatoms. The van der Waals surface area contributed by atoms with Crippen molar-refractivity contribution in [1.82, 2.24) is 4.90 Å². The molecule has 0 spiro atoms. The SMILES string of the molecule is CON=C(C(=O)N(C)C(=O)OCCl)c1ccccc1COc1ccccc1C. The predicted octanol–water partition coefficient (Wildman–Crippen LogP) is 3.72. The Balaban J connectivity index is 2.30. The standard InChI is InChI=1S/C20H21ClN2O5/c1-14-8-4-7-11-17(14)27-12-15-9-5-6-10-16(15)18(22-26-3)19(24)23(2)20(25)28-13-21/h4-11H,12-13H2,1-3H3. The lowest BCUT2D eigenvalue weighted by Crippen LogP contribution is -2.39. The highest BCUT2D eigenvalue weighted by Gasteiger charge is 2.27. The van der Waals surface area contributed by atoms with Gasteiger partial charge in [0.2, 0.25) is 0 Å². The number of nitrogens with zero attached hydrogens (tertiary/aromatic N) is 2. The number of ether oxygens (including phenoxy) is 2. The van der Waals surface area contributed by atoms with Gasteiger partial charge in [-0.25, -0.2) is 9.69 Å². The fourth-order valence-corrected chi connectivity index (χ4v) is 2.52. The van der Waals surface area contributed by atoms with Gasteiger partial charge in [-0.05, 0) is 24.1 Å². The van der Waals surface area contributed by atoms with Crippen LogP contribution in [0.25, 0.3) is 0 Å². The van der Waals surface area contributed by atoms with E-state index in [0.717, 1.165) is 16.2 Å². The molecule has 0 aliphatic carbocycles. The number of amides is 2. The van der Waals surface area contributed by atoms with Crippen LogP contribution in [0.5, 0.6) is 5.75 Å². The summed E-state index contributed by atoms with van der Waals surface area (Å²) in [6.45, 7) is 2.15. The van der Waals surface area contributed by atoms with Gasteiger partial charge < -0.3 is 14.3 Å². The smallest absolute Gasteiger partial charge is 0.417 e. The van der Waals surface area contributed by atoms with E-state index in [1.807, 2.05) is 43.3 Å². The minimum atomic E-state index is -0.891. The number of oxime groups is 1. The highest BCUT2D eigenvalue weighted by atomic mass is 35.5. The molecule has 2 amide bonds. The number of rotatable bonds is 7. The van der Waals surface area contributed by atoms with E-state index < -0.39 is 12.0 Å². The number of para-hydroxylation sites is 1. The van der Waals surface area contributed by atoms with Gasteiger partial charge in [-0.2, -0.15) is 0 Å². The predicted molar refractivity (Wildman–Crippen MR) is 105 cm³/mol. The lowest BCUT2D eigenvalue weighted by molar-refractivity contribution is -0.121. The third-order valence-electron chi connectivity index (χ3n) is 3.89. The van der Waals surface area contributed by atoms with Gasteiger partial charge in [0.1, 0.15) is 19.5 Å². The van der Waals surface area contributed by atoms with Crippen LogP contribution < -0.4 is 4.74 Å². The van der Waals surface area contributed by atoms with Gasteiger partial charge in [-0.1, -0.05) is 59.2 Å². The third kappa shape index (κ3) is 5.23. The van der Waals surface area contributed by atoms with Crippen LogP contribution in [-0.4, -0.2) is 42.8 Å². The summed E-state index contributed by atoms with van der Waals surface area (Å²) in [5.74, 6) is 0.0389. The van der Waals surface area contributed by atoms with Crippen molar-refractivity contribution in [1.29, 1.82) is 0 Å². The van der Waals surface area contributed by atoms with Crippen molar-refractivity contribution in [2.24, 2.45) is 5.16 Å². The molecule has 0 heterocycles. The molecule has 0 atom stereocenters. The Labute approximate surface area is 168 Å². The van der Waals surface area contributed by atoms with Crippen molar-refractivity contribution in [2.75, 3.05) is 20.2 Å². The van der Waals surface area contributed by atoms with Gasteiger partial charge >= 0.3 is 6.09 Å². The number of hydrogen-bond donors (Lipinski definition) is 0. The number of hydrogen-bond acceptors (Lipinski definition) is 6. The number of aryl methyl sites for hydroxylation is 1. The second-order valence-corrected chi connectivity index (χ2v) is 5.94. The Morgan fingerprint density at radius 2 is 1.79 bits per heavy atom. The van der Waals surface area contributed by atoms with Gasteiger partial charge in [0.15, 0.2) is 11.8 Å². The minimum Gasteiger partial charge on any atom is -0.489 e. The van der Waals surface area contributed by atoms with Gasteiger partial charge in [0.25, 0.3) is 5.91 Å². The molecule has 2 rings (SSSR count). The Bertz CT molecular complexity index is 869. The van der Waals surface area contributed by atoms with Crippen molar-refractivity contribution < 1.29 is 23.9 Å². The molecule has 0 saturated carbocycles. The molecule has 7 nitrogen and oxygen atoms in total. The topological polar surface area (TPSA) is 77.4 Å². The lowest BCUT2D eigenvalue weighted by Gasteiger charge is -2.17. The van der Waals surface area contributed by atoms with Crippen LogP contribution in [0.15, 0.2) is 53.7 Å². The van der Waals surface area contributed by atoms with Crippen LogP contribution in [0, 0.1) is 6.92 Å². The van der Waals surface area contributed by atoms with E-state index in [4.69, 9.17) is 21.2 Å². The lowest BCUT2D eigenvalue weighted by atomic mass is 10.0. The summed E-state index contributed by atoms with van der Waals surface area (Å²) >= 11 is 5.39. The summed E-state index contributed by atoms with van der Waals surface area (Å²) in [6.07, 6.45) is -0.891. The maximum atomic E-state index is 12.8. The first-order valence-electron chi connectivity index (χ1n) is 8.38. The zero-order valence-corrected chi connectivity index (χ0v) is 16.6. The molecule has 2 aromatic rings. The molecule has 0 radical (unpaired) electrons. The van der Waals surface area contributed by atoms with Crippen LogP contribution in [0.3, 0.4) is 0 Å². The van der Waals surface area contributed by atoms with Crippen molar-refractivity contribution in [2.45, 2.75) is 13.5 Å². The summed E-state index contributed by atoms with van der Waals surface area (Å²) in [7, 11) is 2.59. The number of alkyl halides is 1. The van der Waals surface area contributed by atoms with E-state index in [1.54, 1.807) is 12.1 Å². The summed E-state index contributed by atoms with van der Waals surface area (Å²) < 4.78 is 10.5. The second kappa shape index (κ2) is 10.3. The average Bonchev–Trinajstić information content (AvgIpc) is 2.71. The molecule has 28 heavy (non-hydrogen) atoms. The maximum absolute atomic E-state index is 12.8. The highest BCUT2D eigenvalue weighted by Crippen LogP contribution is 2.20. The van der Waals surface area contributed by atoms with Crippen molar-refractivity contribution in [3.63, 3.8) is 0 Å². The molecule has 0 unspecified atom stereocenters. The second-order valence-electron chi connectivity index (χ2n) is 5.72. The normalized spacial score (nSPS) is 10.9. The fourth-order valence-electron chi connectivity index (χ4n) is 2.43. The van der Waals surface area contributed by atoms with Crippen molar-refractivity contribution in [3.05, 3.63) is 65.2 Å². The molecule has 0 aromatic heterocycles. The van der Waals surface area contributed by atoms with E-state index in [0.29, 0.717) is 11.1 Å². The van der Waals surface area contributed by atoms with Gasteiger partial charge in [0.05, 0.1) is 0 Å². The number of likely N-dealkylation sites (N-methyl/N-ethyl adjacent to an activating group) is 1. The Kier molecular flexibility index (Phi) is 7.83. The minimum absolute atomic E-state index is 0.0551. The summed E-state index contributed by atoms with van der Waals surface area (Å²) in [5, 5.41) is 3.82. The van der Waals surface area contributed by atoms with Crippen LogP contribution in [0.4, 0.5) is 4.79 Å². The number of imide groups is 1. The first-order valence-corrected chi connectivity index (χ1v) is 8.91. The summed E-state index contributed by atoms with van der Waals surface area (Å²) in [5.41, 5.74) is 2.12. The number of carbonyl (C=O) groups is 2. The molecule has 0 bridgehead atoms. The molecule has 0 aliphatic rings. The average molecular weight is 405 g/mol. The molecule has 2 aromatic carbocycles. The molecular weight excluding hydrogens is 384 g/mol. The molecule has 148 valence electrons. The zero-order valence-electron chi connectivity index (χ0n) is 15.8. The number of carbonyl (C=O) groups excluding carboxylic acids is 2. The molecule has 0 fully saturated rings. The molecular formula is C20H21ClN2O5. The van der Waals surface area contributed by atoms with Gasteiger partial charge in [0, 0.05) is 12.6 Å². The molecule has 0 saturated heterocycles. The van der Waals surface area contributed by atoms with Gasteiger partial charge in [-0.15, -0.1) is 0 Å². The zero-order chi connectivity index (χ0) is 20.5. The van der Waals surface area contributed by atoms with Crippen molar-refractivity contribution >= 4 is 29.3 Å². The van der Waals surface area contributed by atoms with E-state index >= 15 is 0 Å². The number of benzene rings is 2. The largest absolute Gasteiger partial charge is 0.489 e. The highest BCUT2D eigenvalue weighted by molar-refractivity contribution is 6.47. The maximum Gasteiger partial charge on any atom is 0.417 e. The first-order chi connectivity index (χ1) is 13.5. The van der Waals surface area contributed by atoms with E-state index in [2.05, 4.69) is 9.89 Å². The van der Waals surface area contributed by atoms with Gasteiger partial charge in [-0.3, -0.25) is 4.79 Å². The Morgan fingerprint density at radius 1 is 1.11 bits per heavy atom. The molecule has 0 aliphatic heterocycles. The number of halogens is 1. The summed E-state index contributed by atoms with van der Waals surface area (Å²) in [4.78, 5) is 30.2. The van der Waals surface area contributed by atoms with E-state index in [9.17, 15) is 9.59 Å². The van der Waals surface area contributed by atoms with Crippen LogP contribution in [0.2, 0.25) is 0 Å². The van der Waals surface area contributed by atoms with Crippen LogP contribution in [0.1, 0.15) is 16.7 Å². The fraction of sp³-hybridized carbons (Fsp3) is 0.250. The van der Waals surface area contributed by atoms with Crippen molar-refractivity contribution in [3.8, 4) is 5.75 Å². The van der Waals surface area contributed by atoms with E-state index in [-0.39, 0.29) is 18.4 Å². The third-order valence-corrected chi connectivity index (χ3v) is 4.00. The van der Waals surface area contributed by atoms with Crippen LogP contribution >= 0.6 is 11.6 Å². The van der Waals surface area contributed by atoms with Crippen LogP contribution in [-0.2, 0) is 21.0 Å². The quantitative estimate of drug-likeness (QED) is 0.399. The van der Waals surface area contributed by atoms with E-state index in [1.165, 1.54) is 14.2 Å². The Hall–Kier alpha value is -3.06. The molecule has 0 N–H and O–H groups in total.